The number of ether oxygens (including phenoxy) is 2. The third kappa shape index (κ3) is 4.15. The molecule has 0 spiro atoms. The first-order valence-corrected chi connectivity index (χ1v) is 11.1. The van der Waals surface area contributed by atoms with Crippen LogP contribution in [0.2, 0.25) is 0 Å². The van der Waals surface area contributed by atoms with Gasteiger partial charge in [0.2, 0.25) is 0 Å². The minimum atomic E-state index is -0.595. The minimum Gasteiger partial charge on any atom is -0.497 e. The number of nitrogens with one attached hydrogen (secondary N) is 1. The fourth-order valence-corrected chi connectivity index (χ4v) is 4.41. The molecule has 0 aliphatic rings. The van der Waals surface area contributed by atoms with Crippen LogP contribution in [-0.4, -0.2) is 36.5 Å². The van der Waals surface area contributed by atoms with Crippen LogP contribution in [0.25, 0.3) is 21.8 Å². The third-order valence-corrected chi connectivity index (χ3v) is 6.11. The van der Waals surface area contributed by atoms with Crippen molar-refractivity contribution in [1.82, 2.24) is 4.57 Å². The molecule has 30 heavy (non-hydrogen) atoms. The largest absolute Gasteiger partial charge is 0.497 e. The van der Waals surface area contributed by atoms with E-state index in [1.165, 1.54) is 0 Å². The van der Waals surface area contributed by atoms with Gasteiger partial charge in [-0.1, -0.05) is 31.9 Å². The quantitative estimate of drug-likeness (QED) is 0.315. The van der Waals surface area contributed by atoms with Gasteiger partial charge in [-0.15, -0.1) is 0 Å². The molecule has 1 atom stereocenters. The van der Waals surface area contributed by atoms with Crippen molar-refractivity contribution in [3.63, 3.8) is 0 Å². The van der Waals surface area contributed by atoms with Gasteiger partial charge in [0.1, 0.15) is 11.5 Å². The zero-order valence-electron chi connectivity index (χ0n) is 16.7. The first-order valence-electron chi connectivity index (χ1n) is 9.51. The van der Waals surface area contributed by atoms with Crippen LogP contribution in [0.4, 0.5) is 5.69 Å². The zero-order valence-corrected chi connectivity index (χ0v) is 19.8. The molecule has 4 rings (SSSR count). The molecule has 0 aliphatic carbocycles. The summed E-state index contributed by atoms with van der Waals surface area (Å²) in [4.78, 5) is 0. The number of hydrogen-bond acceptors (Lipinski definition) is 4. The van der Waals surface area contributed by atoms with Gasteiger partial charge in [-0.05, 0) is 48.5 Å². The Hall–Kier alpha value is -2.22. The van der Waals surface area contributed by atoms with E-state index in [9.17, 15) is 5.11 Å². The van der Waals surface area contributed by atoms with Crippen LogP contribution in [0.15, 0.2) is 63.5 Å². The van der Waals surface area contributed by atoms with E-state index in [1.54, 1.807) is 14.2 Å². The minimum absolute atomic E-state index is 0.386. The second-order valence-electron chi connectivity index (χ2n) is 7.03. The number of methoxy groups -OCH3 is 2. The Morgan fingerprint density at radius 3 is 2.10 bits per heavy atom. The first-order chi connectivity index (χ1) is 14.5. The molecule has 0 unspecified atom stereocenters. The zero-order chi connectivity index (χ0) is 21.3. The summed E-state index contributed by atoms with van der Waals surface area (Å²) in [5.41, 5.74) is 2.99. The Morgan fingerprint density at radius 2 is 1.53 bits per heavy atom. The van der Waals surface area contributed by atoms with Crippen molar-refractivity contribution in [2.45, 2.75) is 12.6 Å². The highest BCUT2D eigenvalue weighted by Crippen LogP contribution is 2.33. The molecule has 1 heterocycles. The molecule has 0 fully saturated rings. The van der Waals surface area contributed by atoms with E-state index in [0.717, 1.165) is 42.2 Å². The number of aliphatic hydroxyl groups excluding tert-OH is 1. The van der Waals surface area contributed by atoms with Gasteiger partial charge in [-0.2, -0.15) is 0 Å². The maximum atomic E-state index is 10.8. The second kappa shape index (κ2) is 8.88. The summed E-state index contributed by atoms with van der Waals surface area (Å²) in [5.74, 6) is 1.40. The van der Waals surface area contributed by atoms with Gasteiger partial charge in [0.05, 0.1) is 32.6 Å². The van der Waals surface area contributed by atoms with Crippen molar-refractivity contribution < 1.29 is 14.6 Å². The SMILES string of the molecule is COc1ccc(NC[C@@H](O)Cn2c3ccc(Br)cc3c3cc(Br)ccc32)c(OC)c1. The van der Waals surface area contributed by atoms with E-state index in [0.29, 0.717) is 18.8 Å². The molecular weight excluding hydrogens is 512 g/mol. The normalized spacial score (nSPS) is 12.3. The number of aliphatic hydroxyl groups is 1. The van der Waals surface area contributed by atoms with Crippen LogP contribution in [0.1, 0.15) is 0 Å². The Labute approximate surface area is 191 Å². The molecule has 2 N–H and O–H groups in total. The molecule has 156 valence electrons. The van der Waals surface area contributed by atoms with E-state index in [1.807, 2.05) is 30.3 Å². The standard InChI is InChI=1S/C23H22Br2N2O3/c1-29-17-5-6-20(23(11-17)30-2)26-12-16(28)13-27-21-7-3-14(24)9-18(21)19-10-15(25)4-8-22(19)27/h3-11,16,26,28H,12-13H2,1-2H3/t16-/m1/s1. The summed E-state index contributed by atoms with van der Waals surface area (Å²) in [6, 6.07) is 18.0. The average Bonchev–Trinajstić information content (AvgIpc) is 3.04. The second-order valence-corrected chi connectivity index (χ2v) is 8.87. The summed E-state index contributed by atoms with van der Waals surface area (Å²) in [6.07, 6.45) is -0.595. The summed E-state index contributed by atoms with van der Waals surface area (Å²) >= 11 is 7.14. The van der Waals surface area contributed by atoms with Gasteiger partial charge < -0.3 is 24.5 Å². The van der Waals surface area contributed by atoms with Gasteiger partial charge in [-0.3, -0.25) is 0 Å². The van der Waals surface area contributed by atoms with Crippen molar-refractivity contribution in [2.24, 2.45) is 0 Å². The van der Waals surface area contributed by atoms with Crippen LogP contribution in [-0.2, 0) is 6.54 Å². The number of hydrogen-bond donors (Lipinski definition) is 2. The lowest BCUT2D eigenvalue weighted by Gasteiger charge is -2.17. The molecule has 0 saturated heterocycles. The highest BCUT2D eigenvalue weighted by atomic mass is 79.9. The predicted octanol–water partition coefficient (Wildman–Crippen LogP) is 5.81. The van der Waals surface area contributed by atoms with Crippen LogP contribution in [0.3, 0.4) is 0 Å². The van der Waals surface area contributed by atoms with Crippen LogP contribution in [0.5, 0.6) is 11.5 Å². The van der Waals surface area contributed by atoms with Gasteiger partial charge in [-0.25, -0.2) is 0 Å². The third-order valence-electron chi connectivity index (χ3n) is 5.12. The average molecular weight is 534 g/mol. The lowest BCUT2D eigenvalue weighted by Crippen LogP contribution is -2.25. The van der Waals surface area contributed by atoms with Gasteiger partial charge in [0.15, 0.2) is 0 Å². The van der Waals surface area contributed by atoms with Crippen molar-refractivity contribution >= 4 is 59.4 Å². The molecular formula is C23H22Br2N2O3. The maximum absolute atomic E-state index is 10.8. The monoisotopic (exact) mass is 532 g/mol. The van der Waals surface area contributed by atoms with E-state index in [-0.39, 0.29) is 0 Å². The number of nitrogens with zero attached hydrogens (tertiary/aromatic N) is 1. The number of halogens is 2. The molecule has 0 radical (unpaired) electrons. The molecule has 0 amide bonds. The van der Waals surface area contributed by atoms with Gasteiger partial charge >= 0.3 is 0 Å². The van der Waals surface area contributed by atoms with Crippen molar-refractivity contribution in [2.75, 3.05) is 26.1 Å². The van der Waals surface area contributed by atoms with Gasteiger partial charge in [0, 0.05) is 43.4 Å². The molecule has 1 aromatic heterocycles. The fraction of sp³-hybridized carbons (Fsp3) is 0.217. The van der Waals surface area contributed by atoms with Crippen molar-refractivity contribution in [1.29, 1.82) is 0 Å². The number of fused-ring (bicyclic) bond motifs is 3. The van der Waals surface area contributed by atoms with Crippen LogP contribution >= 0.6 is 31.9 Å². The van der Waals surface area contributed by atoms with E-state index in [4.69, 9.17) is 9.47 Å². The summed E-state index contributed by atoms with van der Waals surface area (Å²) < 4.78 is 14.9. The molecule has 7 heteroatoms. The van der Waals surface area contributed by atoms with Crippen LogP contribution < -0.4 is 14.8 Å². The Morgan fingerprint density at radius 1 is 0.900 bits per heavy atom. The lowest BCUT2D eigenvalue weighted by atomic mass is 10.2. The summed E-state index contributed by atoms with van der Waals surface area (Å²) in [6.45, 7) is 0.853. The summed E-state index contributed by atoms with van der Waals surface area (Å²) in [7, 11) is 3.24. The number of rotatable bonds is 7. The van der Waals surface area contributed by atoms with Crippen LogP contribution in [0, 0.1) is 0 Å². The molecule has 4 aromatic rings. The van der Waals surface area contributed by atoms with Gasteiger partial charge in [0.25, 0.3) is 0 Å². The Bertz CT molecular complexity index is 1150. The molecule has 0 bridgehead atoms. The number of aromatic nitrogens is 1. The fourth-order valence-electron chi connectivity index (χ4n) is 3.69. The lowest BCUT2D eigenvalue weighted by molar-refractivity contribution is 0.169. The molecule has 3 aromatic carbocycles. The number of anilines is 1. The Balaban J connectivity index is 1.59. The smallest absolute Gasteiger partial charge is 0.145 e. The van der Waals surface area contributed by atoms with E-state index in [2.05, 4.69) is 66.0 Å². The molecule has 0 saturated carbocycles. The first kappa shape index (κ1) is 21.0. The molecule has 0 aliphatic heterocycles. The topological polar surface area (TPSA) is 55.6 Å². The predicted molar refractivity (Wildman–Crippen MR) is 129 cm³/mol. The number of benzene rings is 3. The van der Waals surface area contributed by atoms with E-state index >= 15 is 0 Å². The van der Waals surface area contributed by atoms with Crippen molar-refractivity contribution in [3.8, 4) is 11.5 Å². The summed E-state index contributed by atoms with van der Waals surface area (Å²) in [5, 5.41) is 16.4. The maximum Gasteiger partial charge on any atom is 0.145 e. The van der Waals surface area contributed by atoms with E-state index < -0.39 is 6.10 Å². The Kier molecular flexibility index (Phi) is 6.22. The highest BCUT2D eigenvalue weighted by Gasteiger charge is 2.15. The highest BCUT2D eigenvalue weighted by molar-refractivity contribution is 9.10. The molecule has 5 nitrogen and oxygen atoms in total. The van der Waals surface area contributed by atoms with Crippen molar-refractivity contribution in [3.05, 3.63) is 63.5 Å².